The van der Waals surface area contributed by atoms with Crippen molar-refractivity contribution in [3.8, 4) is 0 Å². The van der Waals surface area contributed by atoms with Gasteiger partial charge < -0.3 is 4.55 Å². The number of nitrogens with zero attached hydrogens (tertiary/aromatic N) is 2. The lowest BCUT2D eigenvalue weighted by Crippen LogP contribution is -2.30. The van der Waals surface area contributed by atoms with Gasteiger partial charge in [0.05, 0.1) is 20.2 Å². The summed E-state index contributed by atoms with van der Waals surface area (Å²) in [6.07, 6.45) is 13.1. The van der Waals surface area contributed by atoms with E-state index in [0.717, 1.165) is 6.42 Å². The second-order valence-electron chi connectivity index (χ2n) is 4.96. The summed E-state index contributed by atoms with van der Waals surface area (Å²) in [6, 6.07) is 0. The van der Waals surface area contributed by atoms with Gasteiger partial charge in [-0.25, -0.2) is 17.6 Å². The summed E-state index contributed by atoms with van der Waals surface area (Å²) in [7, 11) is -2.39. The van der Waals surface area contributed by atoms with E-state index < -0.39 is 10.4 Å². The number of aryl methyl sites for hydroxylation is 2. The first-order valence-electron chi connectivity index (χ1n) is 7.50. The molecule has 124 valence electrons. The molecular weight excluding hydrogens is 292 g/mol. The van der Waals surface area contributed by atoms with Crippen molar-refractivity contribution in [3.63, 3.8) is 0 Å². The molecule has 7 heteroatoms. The van der Waals surface area contributed by atoms with Gasteiger partial charge in [0.25, 0.3) is 0 Å². The Balaban J connectivity index is 0.000000400. The van der Waals surface area contributed by atoms with Crippen LogP contribution in [0, 0.1) is 0 Å². The van der Waals surface area contributed by atoms with Crippen LogP contribution in [0.5, 0.6) is 0 Å². The highest BCUT2D eigenvalue weighted by Crippen LogP contribution is 1.97. The van der Waals surface area contributed by atoms with Crippen molar-refractivity contribution < 1.29 is 21.7 Å². The minimum atomic E-state index is -4.45. The van der Waals surface area contributed by atoms with E-state index in [-0.39, 0.29) is 6.61 Å². The maximum atomic E-state index is 9.73. The van der Waals surface area contributed by atoms with Gasteiger partial charge in [-0.05, 0) is 19.3 Å². The number of aromatic nitrogens is 2. The highest BCUT2D eigenvalue weighted by molar-refractivity contribution is 7.80. The van der Waals surface area contributed by atoms with Crippen molar-refractivity contribution in [2.75, 3.05) is 6.61 Å². The van der Waals surface area contributed by atoms with Gasteiger partial charge in [0.15, 0.2) is 0 Å². The Morgan fingerprint density at radius 2 is 1.81 bits per heavy atom. The third-order valence-electron chi connectivity index (χ3n) is 2.82. The van der Waals surface area contributed by atoms with Crippen molar-refractivity contribution in [1.29, 1.82) is 0 Å². The molecule has 21 heavy (non-hydrogen) atoms. The molecule has 0 unspecified atom stereocenters. The van der Waals surface area contributed by atoms with Gasteiger partial charge in [0.1, 0.15) is 12.4 Å². The predicted molar refractivity (Wildman–Crippen MR) is 80.3 cm³/mol. The van der Waals surface area contributed by atoms with E-state index >= 15 is 0 Å². The molecule has 0 saturated heterocycles. The normalized spacial score (nSPS) is 11.0. The lowest BCUT2D eigenvalue weighted by molar-refractivity contribution is -0.696. The van der Waals surface area contributed by atoms with E-state index in [1.165, 1.54) is 32.2 Å². The molecule has 0 aliphatic carbocycles. The lowest BCUT2D eigenvalue weighted by atomic mass is 10.2. The molecule has 1 heterocycles. The predicted octanol–water partition coefficient (Wildman–Crippen LogP) is 2.16. The molecule has 6 nitrogen and oxygen atoms in total. The maximum Gasteiger partial charge on any atom is 0.243 e. The fourth-order valence-electron chi connectivity index (χ4n) is 1.66. The first-order chi connectivity index (χ1) is 9.89. The molecule has 0 spiro atoms. The number of unbranched alkanes of at least 4 members (excludes halogenated alkanes) is 4. The maximum absolute atomic E-state index is 9.73. The smallest absolute Gasteiger partial charge is 0.243 e. The Bertz CT molecular complexity index is 457. The minimum Gasteiger partial charge on any atom is -0.726 e. The zero-order valence-corrected chi connectivity index (χ0v) is 14.1. The summed E-state index contributed by atoms with van der Waals surface area (Å²) in [4.78, 5) is 0. The van der Waals surface area contributed by atoms with Crippen LogP contribution in [0.1, 0.15) is 52.4 Å². The summed E-state index contributed by atoms with van der Waals surface area (Å²) >= 11 is 0. The number of imidazole rings is 1. The molecule has 0 aliphatic heterocycles. The first-order valence-corrected chi connectivity index (χ1v) is 8.83. The summed E-state index contributed by atoms with van der Waals surface area (Å²) in [6.45, 7) is 5.29. The summed E-state index contributed by atoms with van der Waals surface area (Å²) in [5.41, 5.74) is 0. The van der Waals surface area contributed by atoms with Crippen LogP contribution >= 0.6 is 0 Å². The second kappa shape index (κ2) is 11.7. The van der Waals surface area contributed by atoms with Crippen LogP contribution in [-0.2, 0) is 28.2 Å². The van der Waals surface area contributed by atoms with Crippen LogP contribution in [0.2, 0.25) is 0 Å². The van der Waals surface area contributed by atoms with Gasteiger partial charge >= 0.3 is 0 Å². The Hall–Kier alpha value is -0.920. The molecule has 0 aliphatic rings. The quantitative estimate of drug-likeness (QED) is 0.302. The first kappa shape index (κ1) is 20.1. The van der Waals surface area contributed by atoms with E-state index in [2.05, 4.69) is 46.0 Å². The Labute approximate surface area is 128 Å². The molecule has 0 amide bonds. The second-order valence-corrected chi connectivity index (χ2v) is 6.01. The third kappa shape index (κ3) is 13.8. The summed E-state index contributed by atoms with van der Waals surface area (Å²) in [5, 5.41) is 0. The summed E-state index contributed by atoms with van der Waals surface area (Å²) in [5.74, 6) is 0. The van der Waals surface area contributed by atoms with Crippen molar-refractivity contribution in [1.82, 2.24) is 4.57 Å². The van der Waals surface area contributed by atoms with Crippen LogP contribution in [0.4, 0.5) is 0 Å². The van der Waals surface area contributed by atoms with Gasteiger partial charge in [-0.2, -0.15) is 0 Å². The Kier molecular flexibility index (Phi) is 11.2. The highest BCUT2D eigenvalue weighted by atomic mass is 32.3. The van der Waals surface area contributed by atoms with Crippen LogP contribution in [0.25, 0.3) is 0 Å². The van der Waals surface area contributed by atoms with Crippen LogP contribution < -0.4 is 4.57 Å². The molecule has 1 rings (SSSR count). The molecule has 0 fully saturated rings. The number of hydrogen-bond acceptors (Lipinski definition) is 4. The van der Waals surface area contributed by atoms with E-state index in [0.29, 0.717) is 6.42 Å². The fourth-order valence-corrected chi connectivity index (χ4v) is 1.98. The van der Waals surface area contributed by atoms with Crippen LogP contribution in [0.3, 0.4) is 0 Å². The third-order valence-corrected chi connectivity index (χ3v) is 3.27. The monoisotopic (exact) mass is 320 g/mol. The topological polar surface area (TPSA) is 75.2 Å². The van der Waals surface area contributed by atoms with Crippen molar-refractivity contribution in [3.05, 3.63) is 18.7 Å². The zero-order chi connectivity index (χ0) is 16.1. The molecule has 0 bridgehead atoms. The molecule has 0 radical (unpaired) electrons. The van der Waals surface area contributed by atoms with E-state index in [1.54, 1.807) is 0 Å². The lowest BCUT2D eigenvalue weighted by Gasteiger charge is -2.05. The van der Waals surface area contributed by atoms with E-state index in [1.807, 2.05) is 6.92 Å². The molecule has 0 aromatic carbocycles. The Morgan fingerprint density at radius 3 is 2.29 bits per heavy atom. The standard InChI is InChI=1S/C10H19N2.C4H10O4S/c1-3-4-5-6-7-12-9-8-11(2)10-12;1-2-3-4-8-9(5,6)7/h8-10H,3-7H2,1-2H3;2-4H2,1H3,(H,5,6,7)/q+1;/p-1. The molecular formula is C14H28N2O4S. The molecule has 1 aromatic heterocycles. The Morgan fingerprint density at radius 1 is 1.14 bits per heavy atom. The van der Waals surface area contributed by atoms with E-state index in [9.17, 15) is 13.0 Å². The average Bonchev–Trinajstić information content (AvgIpc) is 2.80. The molecule has 0 atom stereocenters. The van der Waals surface area contributed by atoms with Gasteiger partial charge in [0.2, 0.25) is 16.7 Å². The zero-order valence-electron chi connectivity index (χ0n) is 13.3. The average molecular weight is 320 g/mol. The van der Waals surface area contributed by atoms with Crippen molar-refractivity contribution in [2.45, 2.75) is 58.9 Å². The van der Waals surface area contributed by atoms with Crippen LogP contribution in [0.15, 0.2) is 18.7 Å². The van der Waals surface area contributed by atoms with Crippen LogP contribution in [-0.4, -0.2) is 24.1 Å². The number of hydrogen-bond donors (Lipinski definition) is 0. The van der Waals surface area contributed by atoms with E-state index in [4.69, 9.17) is 0 Å². The highest BCUT2D eigenvalue weighted by Gasteiger charge is 1.98. The summed E-state index contributed by atoms with van der Waals surface area (Å²) < 4.78 is 37.4. The van der Waals surface area contributed by atoms with Gasteiger partial charge in [0, 0.05) is 0 Å². The molecule has 1 aromatic rings. The fraction of sp³-hybridized carbons (Fsp3) is 0.786. The van der Waals surface area contributed by atoms with Gasteiger partial charge in [-0.1, -0.05) is 33.1 Å². The van der Waals surface area contributed by atoms with Gasteiger partial charge in [-0.3, -0.25) is 4.18 Å². The number of rotatable bonds is 9. The van der Waals surface area contributed by atoms with Crippen molar-refractivity contribution >= 4 is 10.4 Å². The SMILES string of the molecule is CCCCCC[n+]1ccn(C)c1.CCCCOS(=O)(=O)[O-]. The largest absolute Gasteiger partial charge is 0.726 e. The minimum absolute atomic E-state index is 0.00231. The molecule has 0 N–H and O–H groups in total. The van der Waals surface area contributed by atoms with Gasteiger partial charge in [-0.15, -0.1) is 0 Å². The van der Waals surface area contributed by atoms with Crippen molar-refractivity contribution in [2.24, 2.45) is 7.05 Å². The molecule has 0 saturated carbocycles.